The maximum absolute atomic E-state index is 12.6. The van der Waals surface area contributed by atoms with Gasteiger partial charge in [-0.05, 0) is 49.2 Å². The first-order valence-corrected chi connectivity index (χ1v) is 12.3. The van der Waals surface area contributed by atoms with E-state index in [1.54, 1.807) is 26.4 Å². The van der Waals surface area contributed by atoms with Crippen LogP contribution in [0.2, 0.25) is 0 Å². The molecule has 1 amide bonds. The number of hydrogen-bond acceptors (Lipinski definition) is 6. The van der Waals surface area contributed by atoms with E-state index in [2.05, 4.69) is 45.2 Å². The van der Waals surface area contributed by atoms with Crippen LogP contribution in [0.1, 0.15) is 25.0 Å². The van der Waals surface area contributed by atoms with E-state index in [1.165, 1.54) is 11.8 Å². The summed E-state index contributed by atoms with van der Waals surface area (Å²) in [4.78, 5) is 14.7. The maximum Gasteiger partial charge on any atom is 0.244 e. The van der Waals surface area contributed by atoms with Crippen LogP contribution in [-0.2, 0) is 11.2 Å². The first-order valence-electron chi connectivity index (χ1n) is 10.2. The predicted molar refractivity (Wildman–Crippen MR) is 140 cm³/mol. The van der Waals surface area contributed by atoms with Gasteiger partial charge in [0.25, 0.3) is 0 Å². The van der Waals surface area contributed by atoms with Crippen molar-refractivity contribution in [3.05, 3.63) is 58.1 Å². The third kappa shape index (κ3) is 7.79. The Kier molecular flexibility index (Phi) is 11.0. The minimum absolute atomic E-state index is 0.169. The molecular formula is C23H28BrN3O3S2. The fourth-order valence-electron chi connectivity index (χ4n) is 2.87. The molecule has 2 aromatic carbocycles. The second kappa shape index (κ2) is 13.4. The lowest BCUT2D eigenvalue weighted by Gasteiger charge is -2.21. The summed E-state index contributed by atoms with van der Waals surface area (Å²) < 4.78 is 12.3. The number of benzene rings is 2. The van der Waals surface area contributed by atoms with Crippen LogP contribution in [0.3, 0.4) is 0 Å². The molecule has 0 aliphatic carbocycles. The molecule has 0 saturated carbocycles. The molecule has 2 aromatic rings. The minimum atomic E-state index is -0.219. The number of amides is 1. The van der Waals surface area contributed by atoms with Crippen LogP contribution >= 0.6 is 39.9 Å². The lowest BCUT2D eigenvalue weighted by Crippen LogP contribution is -2.28. The van der Waals surface area contributed by atoms with Gasteiger partial charge in [-0.3, -0.25) is 4.79 Å². The normalized spacial score (nSPS) is 11.1. The number of carbonyl (C=O) groups excluding carboxylic acids is 1. The number of nitrogens with zero attached hydrogens (tertiary/aromatic N) is 2. The number of ether oxygens (including phenoxy) is 2. The largest absolute Gasteiger partial charge is 0.493 e. The second-order valence-corrected chi connectivity index (χ2v) is 9.22. The van der Waals surface area contributed by atoms with Crippen molar-refractivity contribution in [2.75, 3.05) is 33.1 Å². The summed E-state index contributed by atoms with van der Waals surface area (Å²) in [5, 5.41) is 4.43. The molecule has 0 aromatic heterocycles. The van der Waals surface area contributed by atoms with E-state index in [9.17, 15) is 4.79 Å². The molecule has 2 rings (SSSR count). The van der Waals surface area contributed by atoms with Crippen LogP contribution in [0.15, 0.2) is 52.0 Å². The molecular weight excluding hydrogens is 510 g/mol. The second-order valence-electron chi connectivity index (χ2n) is 6.69. The van der Waals surface area contributed by atoms with Crippen molar-refractivity contribution in [3.8, 4) is 11.5 Å². The zero-order valence-corrected chi connectivity index (χ0v) is 21.9. The van der Waals surface area contributed by atoms with E-state index in [-0.39, 0.29) is 12.3 Å². The number of hydrazone groups is 1. The Morgan fingerprint density at radius 3 is 2.34 bits per heavy atom. The maximum atomic E-state index is 12.6. The molecule has 0 spiro atoms. The molecule has 9 heteroatoms. The van der Waals surface area contributed by atoms with Gasteiger partial charge in [0.15, 0.2) is 11.5 Å². The molecule has 0 saturated heterocycles. The number of methoxy groups -OCH3 is 2. The molecule has 0 fully saturated rings. The minimum Gasteiger partial charge on any atom is -0.493 e. The van der Waals surface area contributed by atoms with Crippen LogP contribution < -0.4 is 14.9 Å². The number of nitrogens with one attached hydrogen (secondary N) is 1. The summed E-state index contributed by atoms with van der Waals surface area (Å²) in [5.41, 5.74) is 5.16. The number of rotatable bonds is 10. The van der Waals surface area contributed by atoms with E-state index in [4.69, 9.17) is 21.7 Å². The van der Waals surface area contributed by atoms with Gasteiger partial charge in [-0.25, -0.2) is 5.43 Å². The van der Waals surface area contributed by atoms with E-state index in [0.717, 1.165) is 38.7 Å². The highest BCUT2D eigenvalue weighted by molar-refractivity contribution is 9.10. The Balaban J connectivity index is 2.12. The molecule has 0 atom stereocenters. The number of hydrogen-bond donors (Lipinski definition) is 1. The Hall–Kier alpha value is -2.10. The SMILES string of the molecule is CCN(CC)C(=S)SC/C(=N/NC(=O)Cc1ccc(OC)c(OC)c1)c1ccc(Br)cc1. The Morgan fingerprint density at radius 2 is 1.75 bits per heavy atom. The number of thioether (sulfide) groups is 1. The average molecular weight is 539 g/mol. The highest BCUT2D eigenvalue weighted by atomic mass is 79.9. The van der Waals surface area contributed by atoms with Gasteiger partial charge in [-0.15, -0.1) is 0 Å². The fraction of sp³-hybridized carbons (Fsp3) is 0.348. The third-order valence-corrected chi connectivity index (χ3v) is 6.72. The number of carbonyl (C=O) groups is 1. The first kappa shape index (κ1) is 26.2. The number of halogens is 1. The molecule has 0 unspecified atom stereocenters. The van der Waals surface area contributed by atoms with Gasteiger partial charge in [0, 0.05) is 23.3 Å². The van der Waals surface area contributed by atoms with Gasteiger partial charge in [-0.1, -0.05) is 58.1 Å². The highest BCUT2D eigenvalue weighted by Crippen LogP contribution is 2.27. The third-order valence-electron chi connectivity index (χ3n) is 4.66. The van der Waals surface area contributed by atoms with Crippen LogP contribution in [0.25, 0.3) is 0 Å². The lowest BCUT2D eigenvalue weighted by molar-refractivity contribution is -0.120. The van der Waals surface area contributed by atoms with Crippen LogP contribution in [-0.4, -0.2) is 53.9 Å². The van der Waals surface area contributed by atoms with E-state index < -0.39 is 0 Å². The smallest absolute Gasteiger partial charge is 0.244 e. The predicted octanol–water partition coefficient (Wildman–Crippen LogP) is 4.89. The van der Waals surface area contributed by atoms with Crippen LogP contribution in [0.5, 0.6) is 11.5 Å². The molecule has 172 valence electrons. The van der Waals surface area contributed by atoms with Gasteiger partial charge >= 0.3 is 0 Å². The van der Waals surface area contributed by atoms with Crippen molar-refractivity contribution < 1.29 is 14.3 Å². The Labute approximate surface area is 207 Å². The van der Waals surface area contributed by atoms with Gasteiger partial charge in [0.05, 0.1) is 26.4 Å². The van der Waals surface area contributed by atoms with Crippen LogP contribution in [0, 0.1) is 0 Å². The Bertz CT molecular complexity index is 948. The topological polar surface area (TPSA) is 63.2 Å². The lowest BCUT2D eigenvalue weighted by atomic mass is 10.1. The average Bonchev–Trinajstić information content (AvgIpc) is 2.80. The van der Waals surface area contributed by atoms with Crippen molar-refractivity contribution in [3.63, 3.8) is 0 Å². The van der Waals surface area contributed by atoms with Crippen molar-refractivity contribution in [2.24, 2.45) is 5.10 Å². The molecule has 0 radical (unpaired) electrons. The summed E-state index contributed by atoms with van der Waals surface area (Å²) in [6, 6.07) is 13.2. The molecule has 0 aliphatic rings. The standard InChI is InChI=1S/C23H28BrN3O3S2/c1-5-27(6-2)23(31)32-15-19(17-8-10-18(24)11-9-17)25-26-22(28)14-16-7-12-20(29-3)21(13-16)30-4/h7-13H,5-6,14-15H2,1-4H3,(H,26,28)/b25-19-. The summed E-state index contributed by atoms with van der Waals surface area (Å²) in [6.07, 6.45) is 0.169. The molecule has 1 N–H and O–H groups in total. The quantitative estimate of drug-likeness (QED) is 0.264. The molecule has 32 heavy (non-hydrogen) atoms. The summed E-state index contributed by atoms with van der Waals surface area (Å²) >= 11 is 10.5. The first-order chi connectivity index (χ1) is 15.4. The fourth-order valence-corrected chi connectivity index (χ4v) is 4.50. The highest BCUT2D eigenvalue weighted by Gasteiger charge is 2.12. The summed E-state index contributed by atoms with van der Waals surface area (Å²) in [5.74, 6) is 1.53. The molecule has 6 nitrogen and oxygen atoms in total. The van der Waals surface area contributed by atoms with Crippen molar-refractivity contribution in [1.82, 2.24) is 10.3 Å². The molecule has 0 aliphatic heterocycles. The summed E-state index contributed by atoms with van der Waals surface area (Å²) in [6.45, 7) is 5.87. The van der Waals surface area contributed by atoms with Gasteiger partial charge in [-0.2, -0.15) is 5.10 Å². The van der Waals surface area contributed by atoms with Gasteiger partial charge in [0.1, 0.15) is 4.32 Å². The van der Waals surface area contributed by atoms with E-state index >= 15 is 0 Å². The molecule has 0 bridgehead atoms. The van der Waals surface area contributed by atoms with E-state index in [1.807, 2.05) is 30.3 Å². The zero-order chi connectivity index (χ0) is 23.5. The summed E-state index contributed by atoms with van der Waals surface area (Å²) in [7, 11) is 3.14. The van der Waals surface area contributed by atoms with Gasteiger partial charge in [0.2, 0.25) is 5.91 Å². The van der Waals surface area contributed by atoms with E-state index in [0.29, 0.717) is 17.3 Å². The van der Waals surface area contributed by atoms with Crippen molar-refractivity contribution in [2.45, 2.75) is 20.3 Å². The van der Waals surface area contributed by atoms with Gasteiger partial charge < -0.3 is 14.4 Å². The monoisotopic (exact) mass is 537 g/mol. The molecule has 0 heterocycles. The zero-order valence-electron chi connectivity index (χ0n) is 18.7. The van der Waals surface area contributed by atoms with Crippen molar-refractivity contribution >= 4 is 55.8 Å². The Morgan fingerprint density at radius 1 is 1.09 bits per heavy atom. The van der Waals surface area contributed by atoms with Crippen LogP contribution in [0.4, 0.5) is 0 Å². The number of thiocarbonyl (C=S) groups is 1. The van der Waals surface area contributed by atoms with Crippen molar-refractivity contribution in [1.29, 1.82) is 0 Å².